The van der Waals surface area contributed by atoms with Gasteiger partial charge in [-0.2, -0.15) is 0 Å². The molecule has 1 aromatic rings. The predicted octanol–water partition coefficient (Wildman–Crippen LogP) is 4.17. The second-order valence-corrected chi connectivity index (χ2v) is 7.16. The van der Waals surface area contributed by atoms with Crippen LogP contribution in [0.5, 0.6) is 0 Å². The Hall–Kier alpha value is 0.295. The van der Waals surface area contributed by atoms with E-state index in [1.807, 2.05) is 0 Å². The lowest BCUT2D eigenvalue weighted by atomic mass is 10.4. The predicted molar refractivity (Wildman–Crippen MR) is 104 cm³/mol. The highest BCUT2D eigenvalue weighted by atomic mass is 35.5. The third-order valence-corrected chi connectivity index (χ3v) is 3.88. The van der Waals surface area contributed by atoms with E-state index in [0.717, 1.165) is 17.6 Å². The molecular formula is C13H21BCl4NOS+. The van der Waals surface area contributed by atoms with E-state index < -0.39 is 0 Å². The van der Waals surface area contributed by atoms with Crippen LogP contribution in [-0.4, -0.2) is 52.2 Å². The molecule has 0 unspecified atom stereocenters. The highest BCUT2D eigenvalue weighted by molar-refractivity contribution is 7.80. The molecule has 1 rings (SSSR count). The van der Waals surface area contributed by atoms with Crippen molar-refractivity contribution in [2.75, 3.05) is 34.3 Å². The van der Waals surface area contributed by atoms with Crippen molar-refractivity contribution in [1.82, 2.24) is 0 Å². The number of thiocarbonyl (C=S) groups is 1. The van der Waals surface area contributed by atoms with Crippen molar-refractivity contribution in [2.45, 2.75) is 6.92 Å². The summed E-state index contributed by atoms with van der Waals surface area (Å²) >= 11 is 27.2. The maximum atomic E-state index is 5.63. The van der Waals surface area contributed by atoms with E-state index in [1.54, 1.807) is 19.1 Å². The number of halogens is 4. The Labute approximate surface area is 154 Å². The summed E-state index contributed by atoms with van der Waals surface area (Å²) in [7, 11) is 6.38. The Kier molecular flexibility index (Phi) is 12.3. The molecule has 0 amide bonds. The van der Waals surface area contributed by atoms with E-state index in [4.69, 9.17) is 63.4 Å². The van der Waals surface area contributed by atoms with Crippen LogP contribution in [0, 0.1) is 0 Å². The Morgan fingerprint density at radius 2 is 1.43 bits per heavy atom. The van der Waals surface area contributed by atoms with Crippen molar-refractivity contribution in [2.24, 2.45) is 0 Å². The molecule has 8 heteroatoms. The average Bonchev–Trinajstić information content (AvgIpc) is 2.30. The van der Waals surface area contributed by atoms with E-state index in [0.29, 0.717) is 25.1 Å². The lowest BCUT2D eigenvalue weighted by molar-refractivity contribution is -0.870. The maximum absolute atomic E-state index is 5.63. The summed E-state index contributed by atoms with van der Waals surface area (Å²) in [5, 5.41) is 2.06. The van der Waals surface area contributed by atoms with Crippen molar-refractivity contribution in [3.05, 3.63) is 32.2 Å². The first kappa shape index (κ1) is 23.6. The molecule has 0 spiro atoms. The van der Waals surface area contributed by atoms with Gasteiger partial charge in [0.05, 0.1) is 49.6 Å². The normalized spacial score (nSPS) is 10.1. The molecule has 0 saturated heterocycles. The molecule has 0 heterocycles. The van der Waals surface area contributed by atoms with Crippen LogP contribution < -0.4 is 0 Å². The lowest BCUT2D eigenvalue weighted by Crippen LogP contribution is -2.37. The zero-order chi connectivity index (χ0) is 15.9. The van der Waals surface area contributed by atoms with E-state index in [9.17, 15) is 0 Å². The zero-order valence-corrected chi connectivity index (χ0v) is 15.7. The van der Waals surface area contributed by atoms with Crippen LogP contribution >= 0.6 is 58.6 Å². The van der Waals surface area contributed by atoms with Gasteiger partial charge >= 0.3 is 0 Å². The molecule has 0 atom stereocenters. The molecule has 0 aromatic heterocycles. The molecule has 0 aliphatic rings. The monoisotopic (exact) mass is 390 g/mol. The Balaban J connectivity index is 0. The van der Waals surface area contributed by atoms with Gasteiger partial charge in [-0.25, -0.2) is 0 Å². The Morgan fingerprint density at radius 3 is 1.71 bits per heavy atom. The summed E-state index contributed by atoms with van der Waals surface area (Å²) in [6, 6.07) is 3.19. The first-order chi connectivity index (χ1) is 9.04. The minimum absolute atomic E-state index is 0. The van der Waals surface area contributed by atoms with Gasteiger partial charge in [0.15, 0.2) is 5.05 Å². The van der Waals surface area contributed by atoms with Gasteiger partial charge in [-0.3, -0.25) is 0 Å². The molecule has 0 bridgehead atoms. The summed E-state index contributed by atoms with van der Waals surface area (Å²) in [5.74, 6) is 0. The molecule has 0 aliphatic carbocycles. The quantitative estimate of drug-likeness (QED) is 0.251. The van der Waals surface area contributed by atoms with Crippen LogP contribution in [0.1, 0.15) is 6.92 Å². The second-order valence-electron chi connectivity index (χ2n) is 5.01. The molecule has 2 nitrogen and oxygen atoms in total. The van der Waals surface area contributed by atoms with Gasteiger partial charge in [0.1, 0.15) is 13.2 Å². The molecule has 1 aromatic carbocycles. The van der Waals surface area contributed by atoms with Gasteiger partial charge in [-0.15, -0.1) is 0 Å². The lowest BCUT2D eigenvalue weighted by Gasteiger charge is -2.23. The molecular weight excluding hydrogens is 371 g/mol. The highest BCUT2D eigenvalue weighted by Crippen LogP contribution is 2.34. The summed E-state index contributed by atoms with van der Waals surface area (Å²) in [6.45, 7) is 3.51. The zero-order valence-electron chi connectivity index (χ0n) is 11.8. The standard InChI is InChI=1S/C7H16NOS.C6H2Cl4.BH3/c1-7(10)9-6-5-8(2,3)4;7-3-1-2-4(8)6(10)5(3)9;/h5-6H2,1-4H3;1-2H;1H3/q+1;;. The molecule has 120 valence electrons. The number of hydrogen-bond donors (Lipinski definition) is 0. The van der Waals surface area contributed by atoms with Crippen LogP contribution in [0.4, 0.5) is 0 Å². The van der Waals surface area contributed by atoms with Gasteiger partial charge in [-0.1, -0.05) is 46.4 Å². The van der Waals surface area contributed by atoms with Gasteiger partial charge < -0.3 is 9.22 Å². The molecule has 0 radical (unpaired) electrons. The third kappa shape index (κ3) is 11.5. The SMILES string of the molecule is B.CC(=S)OCC[N+](C)(C)C.Clc1ccc(Cl)c(Cl)c1Cl. The van der Waals surface area contributed by atoms with E-state index in [2.05, 4.69) is 21.1 Å². The Bertz CT molecular complexity index is 439. The molecule has 0 aliphatic heterocycles. The minimum Gasteiger partial charge on any atom is -0.481 e. The summed E-state index contributed by atoms with van der Waals surface area (Å²) in [6.07, 6.45) is 0. The number of ether oxygens (including phenoxy) is 1. The van der Waals surface area contributed by atoms with Gasteiger partial charge in [0.25, 0.3) is 0 Å². The third-order valence-electron chi connectivity index (χ3n) is 2.06. The van der Waals surface area contributed by atoms with Crippen molar-refractivity contribution in [3.63, 3.8) is 0 Å². The fraction of sp³-hybridized carbons (Fsp3) is 0.462. The summed E-state index contributed by atoms with van der Waals surface area (Å²) in [5.41, 5.74) is 0. The van der Waals surface area contributed by atoms with Crippen molar-refractivity contribution < 1.29 is 9.22 Å². The average molecular weight is 392 g/mol. The number of rotatable bonds is 3. The molecule has 0 saturated carbocycles. The van der Waals surface area contributed by atoms with Crippen LogP contribution in [0.3, 0.4) is 0 Å². The molecule has 0 fully saturated rings. The van der Waals surface area contributed by atoms with Crippen molar-refractivity contribution in [1.29, 1.82) is 0 Å². The highest BCUT2D eigenvalue weighted by Gasteiger charge is 2.06. The molecule has 0 N–H and O–H groups in total. The summed E-state index contributed by atoms with van der Waals surface area (Å²) < 4.78 is 6.05. The first-order valence-electron chi connectivity index (χ1n) is 5.77. The number of hydrogen-bond acceptors (Lipinski definition) is 2. The van der Waals surface area contributed by atoms with Crippen LogP contribution in [-0.2, 0) is 4.74 Å². The van der Waals surface area contributed by atoms with Crippen molar-refractivity contribution in [3.8, 4) is 0 Å². The van der Waals surface area contributed by atoms with Gasteiger partial charge in [0.2, 0.25) is 0 Å². The number of likely N-dealkylation sites (N-methyl/N-ethyl adjacent to an activating group) is 1. The maximum Gasteiger partial charge on any atom is 0.156 e. The topological polar surface area (TPSA) is 9.23 Å². The number of nitrogens with zero attached hydrogens (tertiary/aromatic N) is 1. The minimum atomic E-state index is 0. The van der Waals surface area contributed by atoms with E-state index >= 15 is 0 Å². The largest absolute Gasteiger partial charge is 0.481 e. The van der Waals surface area contributed by atoms with Crippen LogP contribution in [0.15, 0.2) is 12.1 Å². The van der Waals surface area contributed by atoms with Crippen LogP contribution in [0.25, 0.3) is 0 Å². The first-order valence-corrected chi connectivity index (χ1v) is 7.69. The number of benzene rings is 1. The van der Waals surface area contributed by atoms with Crippen molar-refractivity contribution >= 4 is 72.1 Å². The second kappa shape index (κ2) is 10.9. The Morgan fingerprint density at radius 1 is 1.05 bits per heavy atom. The van der Waals surface area contributed by atoms with E-state index in [-0.39, 0.29) is 8.41 Å². The van der Waals surface area contributed by atoms with E-state index in [1.165, 1.54) is 0 Å². The van der Waals surface area contributed by atoms with Gasteiger partial charge in [-0.05, 0) is 24.4 Å². The number of quaternary nitrogens is 1. The van der Waals surface area contributed by atoms with Crippen LogP contribution in [0.2, 0.25) is 20.1 Å². The molecule has 21 heavy (non-hydrogen) atoms. The fourth-order valence-corrected chi connectivity index (χ4v) is 1.79. The fourth-order valence-electron chi connectivity index (χ4n) is 0.966. The smallest absolute Gasteiger partial charge is 0.156 e. The summed E-state index contributed by atoms with van der Waals surface area (Å²) in [4.78, 5) is 0. The van der Waals surface area contributed by atoms with Gasteiger partial charge in [0, 0.05) is 6.92 Å².